The summed E-state index contributed by atoms with van der Waals surface area (Å²) in [6.07, 6.45) is 17.6. The number of hydrogen-bond donors (Lipinski definition) is 1. The van der Waals surface area contributed by atoms with Gasteiger partial charge < -0.3 is 5.32 Å². The van der Waals surface area contributed by atoms with Crippen molar-refractivity contribution in [3.8, 4) is 0 Å². The standard InChI is InChI=1S/C17H35N/c1-3-4-5-6-7-9-12-16-13-10-8-11-14-17(16)15-18-2/h16-18H,3-15H2,1-2H3. The van der Waals surface area contributed by atoms with E-state index in [9.17, 15) is 0 Å². The summed E-state index contributed by atoms with van der Waals surface area (Å²) in [6.45, 7) is 3.55. The molecule has 0 spiro atoms. The summed E-state index contributed by atoms with van der Waals surface area (Å²) in [4.78, 5) is 0. The van der Waals surface area contributed by atoms with Crippen molar-refractivity contribution < 1.29 is 0 Å². The predicted molar refractivity (Wildman–Crippen MR) is 82.0 cm³/mol. The Morgan fingerprint density at radius 3 is 2.22 bits per heavy atom. The maximum Gasteiger partial charge on any atom is -0.00209 e. The molecule has 0 amide bonds. The lowest BCUT2D eigenvalue weighted by atomic mass is 9.84. The van der Waals surface area contributed by atoms with Gasteiger partial charge in [-0.15, -0.1) is 0 Å². The number of unbranched alkanes of at least 4 members (excludes halogenated alkanes) is 5. The highest BCUT2D eigenvalue weighted by Crippen LogP contribution is 2.32. The van der Waals surface area contributed by atoms with Gasteiger partial charge in [-0.1, -0.05) is 77.6 Å². The van der Waals surface area contributed by atoms with E-state index in [1.54, 1.807) is 0 Å². The van der Waals surface area contributed by atoms with Crippen molar-refractivity contribution in [2.24, 2.45) is 11.8 Å². The van der Waals surface area contributed by atoms with Crippen LogP contribution in [0.1, 0.15) is 84.0 Å². The molecule has 1 aliphatic carbocycles. The molecule has 0 aromatic carbocycles. The third-order valence-electron chi connectivity index (χ3n) is 4.71. The van der Waals surface area contributed by atoms with E-state index in [0.717, 1.165) is 11.8 Å². The Morgan fingerprint density at radius 1 is 0.833 bits per heavy atom. The molecular formula is C17H35N. The average Bonchev–Trinajstić information content (AvgIpc) is 2.60. The van der Waals surface area contributed by atoms with Gasteiger partial charge in [0.25, 0.3) is 0 Å². The van der Waals surface area contributed by atoms with Crippen LogP contribution in [0.15, 0.2) is 0 Å². The zero-order chi connectivity index (χ0) is 13.1. The molecule has 1 N–H and O–H groups in total. The lowest BCUT2D eigenvalue weighted by Crippen LogP contribution is -2.25. The molecule has 2 atom stereocenters. The summed E-state index contributed by atoms with van der Waals surface area (Å²) in [7, 11) is 2.12. The van der Waals surface area contributed by atoms with Crippen molar-refractivity contribution >= 4 is 0 Å². The second-order valence-electron chi connectivity index (χ2n) is 6.27. The van der Waals surface area contributed by atoms with E-state index >= 15 is 0 Å². The van der Waals surface area contributed by atoms with Gasteiger partial charge in [-0.25, -0.2) is 0 Å². The summed E-state index contributed by atoms with van der Waals surface area (Å²) in [5, 5.41) is 3.41. The first kappa shape index (κ1) is 16.0. The molecule has 108 valence electrons. The Labute approximate surface area is 115 Å². The van der Waals surface area contributed by atoms with Crippen molar-refractivity contribution in [2.45, 2.75) is 84.0 Å². The second-order valence-corrected chi connectivity index (χ2v) is 6.27. The van der Waals surface area contributed by atoms with Gasteiger partial charge >= 0.3 is 0 Å². The zero-order valence-electron chi connectivity index (χ0n) is 12.8. The van der Waals surface area contributed by atoms with E-state index in [-0.39, 0.29) is 0 Å². The fraction of sp³-hybridized carbons (Fsp3) is 1.00. The molecule has 0 saturated heterocycles. The molecule has 18 heavy (non-hydrogen) atoms. The van der Waals surface area contributed by atoms with Gasteiger partial charge in [-0.3, -0.25) is 0 Å². The largest absolute Gasteiger partial charge is 0.319 e. The molecule has 1 saturated carbocycles. The first-order valence-electron chi connectivity index (χ1n) is 8.53. The molecule has 0 aromatic heterocycles. The molecular weight excluding hydrogens is 218 g/mol. The van der Waals surface area contributed by atoms with Gasteiger partial charge in [0, 0.05) is 0 Å². The van der Waals surface area contributed by atoms with Crippen molar-refractivity contribution in [3.05, 3.63) is 0 Å². The van der Waals surface area contributed by atoms with Crippen LogP contribution in [0, 0.1) is 11.8 Å². The Hall–Kier alpha value is -0.0400. The van der Waals surface area contributed by atoms with Crippen molar-refractivity contribution in [3.63, 3.8) is 0 Å². The SMILES string of the molecule is CCCCCCCCC1CCCCCC1CNC. The molecule has 2 unspecified atom stereocenters. The maximum absolute atomic E-state index is 3.41. The van der Waals surface area contributed by atoms with Gasteiger partial charge in [0.2, 0.25) is 0 Å². The second kappa shape index (κ2) is 10.8. The molecule has 0 bridgehead atoms. The summed E-state index contributed by atoms with van der Waals surface area (Å²) in [5.41, 5.74) is 0. The van der Waals surface area contributed by atoms with Gasteiger partial charge in [0.15, 0.2) is 0 Å². The molecule has 0 heterocycles. The minimum absolute atomic E-state index is 0.966. The minimum atomic E-state index is 0.966. The fourth-order valence-corrected chi connectivity index (χ4v) is 3.56. The van der Waals surface area contributed by atoms with Crippen LogP contribution in [0.5, 0.6) is 0 Å². The molecule has 1 nitrogen and oxygen atoms in total. The van der Waals surface area contributed by atoms with Gasteiger partial charge in [0.1, 0.15) is 0 Å². The minimum Gasteiger partial charge on any atom is -0.319 e. The lowest BCUT2D eigenvalue weighted by molar-refractivity contribution is 0.280. The van der Waals surface area contributed by atoms with Crippen LogP contribution in [0.2, 0.25) is 0 Å². The van der Waals surface area contributed by atoms with E-state index in [1.807, 2.05) is 0 Å². The van der Waals surface area contributed by atoms with E-state index in [2.05, 4.69) is 19.3 Å². The van der Waals surface area contributed by atoms with Gasteiger partial charge in [0.05, 0.1) is 0 Å². The molecule has 0 radical (unpaired) electrons. The molecule has 0 aliphatic heterocycles. The van der Waals surface area contributed by atoms with Crippen LogP contribution >= 0.6 is 0 Å². The van der Waals surface area contributed by atoms with Crippen LogP contribution in [0.25, 0.3) is 0 Å². The van der Waals surface area contributed by atoms with Crippen molar-refractivity contribution in [1.82, 2.24) is 5.32 Å². The molecule has 0 aromatic rings. The number of nitrogens with one attached hydrogen (secondary N) is 1. The number of rotatable bonds is 9. The first-order chi connectivity index (χ1) is 8.88. The Kier molecular flexibility index (Phi) is 9.65. The van der Waals surface area contributed by atoms with Crippen LogP contribution < -0.4 is 5.32 Å². The van der Waals surface area contributed by atoms with Crippen LogP contribution in [0.3, 0.4) is 0 Å². The van der Waals surface area contributed by atoms with Crippen molar-refractivity contribution in [1.29, 1.82) is 0 Å². The molecule has 1 fully saturated rings. The molecule has 1 aliphatic rings. The highest BCUT2D eigenvalue weighted by molar-refractivity contribution is 4.75. The maximum atomic E-state index is 3.41. The van der Waals surface area contributed by atoms with E-state index in [1.165, 1.54) is 83.6 Å². The molecule has 1 heteroatoms. The topological polar surface area (TPSA) is 12.0 Å². The third-order valence-corrected chi connectivity index (χ3v) is 4.71. The molecule has 1 rings (SSSR count). The Morgan fingerprint density at radius 2 is 1.50 bits per heavy atom. The third kappa shape index (κ3) is 6.78. The van der Waals surface area contributed by atoms with Crippen molar-refractivity contribution in [2.75, 3.05) is 13.6 Å². The highest BCUT2D eigenvalue weighted by Gasteiger charge is 2.22. The predicted octanol–water partition coefficient (Wildman–Crippen LogP) is 5.15. The Bertz CT molecular complexity index is 178. The van der Waals surface area contributed by atoms with E-state index in [4.69, 9.17) is 0 Å². The lowest BCUT2D eigenvalue weighted by Gasteiger charge is -2.25. The van der Waals surface area contributed by atoms with Crippen LogP contribution in [-0.2, 0) is 0 Å². The van der Waals surface area contributed by atoms with E-state index in [0.29, 0.717) is 0 Å². The van der Waals surface area contributed by atoms with Gasteiger partial charge in [-0.2, -0.15) is 0 Å². The summed E-state index contributed by atoms with van der Waals surface area (Å²) in [5.74, 6) is 1.99. The quantitative estimate of drug-likeness (QED) is 0.442. The van der Waals surface area contributed by atoms with Gasteiger partial charge in [-0.05, 0) is 31.8 Å². The summed E-state index contributed by atoms with van der Waals surface area (Å²) in [6, 6.07) is 0. The first-order valence-corrected chi connectivity index (χ1v) is 8.53. The van der Waals surface area contributed by atoms with Crippen LogP contribution in [0.4, 0.5) is 0 Å². The summed E-state index contributed by atoms with van der Waals surface area (Å²) < 4.78 is 0. The summed E-state index contributed by atoms with van der Waals surface area (Å²) >= 11 is 0. The number of hydrogen-bond acceptors (Lipinski definition) is 1. The normalized spacial score (nSPS) is 25.0. The Balaban J connectivity index is 2.15. The zero-order valence-corrected chi connectivity index (χ0v) is 12.8. The van der Waals surface area contributed by atoms with E-state index < -0.39 is 0 Å². The monoisotopic (exact) mass is 253 g/mol. The highest BCUT2D eigenvalue weighted by atomic mass is 14.8. The van der Waals surface area contributed by atoms with Crippen LogP contribution in [-0.4, -0.2) is 13.6 Å². The smallest absolute Gasteiger partial charge is 0.00209 e. The fourth-order valence-electron chi connectivity index (χ4n) is 3.56. The average molecular weight is 253 g/mol.